The Morgan fingerprint density at radius 3 is 3.05 bits per heavy atom. The normalized spacial score (nSPS) is 12.3. The summed E-state index contributed by atoms with van der Waals surface area (Å²) in [7, 11) is 0. The van der Waals surface area contributed by atoms with Gasteiger partial charge in [0.25, 0.3) is 0 Å². The number of rotatable bonds is 5. The van der Waals surface area contributed by atoms with Crippen molar-refractivity contribution in [2.24, 2.45) is 0 Å². The molecule has 0 spiro atoms. The van der Waals surface area contributed by atoms with Crippen LogP contribution in [-0.4, -0.2) is 30.3 Å². The number of aromatic nitrogens is 6. The molecule has 3 aromatic rings. The molecule has 2 aromatic heterocycles. The summed E-state index contributed by atoms with van der Waals surface area (Å²) in [6.45, 7) is 2.11. The minimum absolute atomic E-state index is 0.297. The van der Waals surface area contributed by atoms with Crippen molar-refractivity contribution in [3.8, 4) is 5.75 Å². The third-order valence-electron chi connectivity index (χ3n) is 2.73. The van der Waals surface area contributed by atoms with Crippen LogP contribution >= 0.6 is 27.5 Å². The third-order valence-corrected chi connectivity index (χ3v) is 3.52. The Kier molecular flexibility index (Phi) is 4.34. The monoisotopic (exact) mass is 384 g/mol. The van der Waals surface area contributed by atoms with Crippen LogP contribution in [0.15, 0.2) is 33.5 Å². The first-order valence-electron chi connectivity index (χ1n) is 6.27. The number of tetrazole rings is 1. The van der Waals surface area contributed by atoms with E-state index in [4.69, 9.17) is 20.9 Å². The van der Waals surface area contributed by atoms with Gasteiger partial charge < -0.3 is 9.26 Å². The highest BCUT2D eigenvalue weighted by Crippen LogP contribution is 2.30. The Bertz CT molecular complexity index is 763. The van der Waals surface area contributed by atoms with Crippen LogP contribution in [0, 0.1) is 0 Å². The summed E-state index contributed by atoms with van der Waals surface area (Å²) >= 11 is 9.46. The number of hydrogen-bond acceptors (Lipinski definition) is 7. The number of benzene rings is 1. The van der Waals surface area contributed by atoms with Crippen molar-refractivity contribution < 1.29 is 9.26 Å². The molecule has 0 fully saturated rings. The van der Waals surface area contributed by atoms with Gasteiger partial charge in [-0.3, -0.25) is 0 Å². The molecule has 0 amide bonds. The van der Waals surface area contributed by atoms with Gasteiger partial charge in [-0.1, -0.05) is 32.7 Å². The molecule has 0 radical (unpaired) electrons. The quantitative estimate of drug-likeness (QED) is 0.666. The molecule has 10 heteroatoms. The van der Waals surface area contributed by atoms with Crippen molar-refractivity contribution in [1.82, 2.24) is 30.3 Å². The smallest absolute Gasteiger partial charge is 0.248 e. The van der Waals surface area contributed by atoms with Gasteiger partial charge in [-0.25, -0.2) is 4.68 Å². The van der Waals surface area contributed by atoms with Crippen molar-refractivity contribution in [1.29, 1.82) is 0 Å². The fourth-order valence-electron chi connectivity index (χ4n) is 1.70. The summed E-state index contributed by atoms with van der Waals surface area (Å²) in [4.78, 5) is 4.26. The zero-order valence-electron chi connectivity index (χ0n) is 11.3. The molecule has 1 unspecified atom stereocenters. The number of halogens is 2. The molecule has 22 heavy (non-hydrogen) atoms. The van der Waals surface area contributed by atoms with Crippen LogP contribution in [0.1, 0.15) is 24.7 Å². The molecule has 0 aliphatic heterocycles. The van der Waals surface area contributed by atoms with E-state index >= 15 is 0 Å². The molecule has 0 bridgehead atoms. The summed E-state index contributed by atoms with van der Waals surface area (Å²) in [5, 5.41) is 15.2. The van der Waals surface area contributed by atoms with Crippen LogP contribution in [0.25, 0.3) is 0 Å². The van der Waals surface area contributed by atoms with Gasteiger partial charge in [0.1, 0.15) is 18.6 Å². The minimum atomic E-state index is -0.412. The Morgan fingerprint density at radius 2 is 2.32 bits per heavy atom. The topological polar surface area (TPSA) is 91.8 Å². The summed E-state index contributed by atoms with van der Waals surface area (Å²) in [6.07, 6.45) is 1.05. The van der Waals surface area contributed by atoms with E-state index in [1.807, 2.05) is 13.0 Å². The molecule has 114 valence electrons. The summed E-state index contributed by atoms with van der Waals surface area (Å²) in [5.74, 6) is 1.35. The highest BCUT2D eigenvalue weighted by molar-refractivity contribution is 9.10. The highest BCUT2D eigenvalue weighted by atomic mass is 79.9. The van der Waals surface area contributed by atoms with Gasteiger partial charge in [-0.15, -0.1) is 5.10 Å². The van der Waals surface area contributed by atoms with Gasteiger partial charge in [0.05, 0.1) is 5.02 Å². The first kappa shape index (κ1) is 14.9. The van der Waals surface area contributed by atoms with E-state index in [9.17, 15) is 0 Å². The predicted octanol–water partition coefficient (Wildman–Crippen LogP) is 2.66. The van der Waals surface area contributed by atoms with Gasteiger partial charge in [0, 0.05) is 4.47 Å². The van der Waals surface area contributed by atoms with E-state index in [2.05, 4.69) is 41.6 Å². The fraction of sp³-hybridized carbons (Fsp3) is 0.250. The van der Waals surface area contributed by atoms with E-state index in [0.29, 0.717) is 29.0 Å². The third kappa shape index (κ3) is 3.42. The molecular formula is C12H10BrClN6O2. The van der Waals surface area contributed by atoms with Gasteiger partial charge in [0.15, 0.2) is 6.10 Å². The van der Waals surface area contributed by atoms with E-state index in [0.717, 1.165) is 4.47 Å². The first-order chi connectivity index (χ1) is 10.6. The maximum atomic E-state index is 6.12. The molecule has 1 aromatic carbocycles. The van der Waals surface area contributed by atoms with Gasteiger partial charge in [0.2, 0.25) is 11.7 Å². The van der Waals surface area contributed by atoms with Crippen LogP contribution in [0.3, 0.4) is 0 Å². The number of nitrogens with zero attached hydrogens (tertiary/aromatic N) is 6. The minimum Gasteiger partial charge on any atom is -0.481 e. The lowest BCUT2D eigenvalue weighted by molar-refractivity contribution is 0.210. The van der Waals surface area contributed by atoms with E-state index < -0.39 is 6.10 Å². The largest absolute Gasteiger partial charge is 0.481 e. The average Bonchev–Trinajstić information content (AvgIpc) is 3.14. The maximum absolute atomic E-state index is 6.12. The standard InChI is InChI=1S/C12H10BrClN6O2/c1-7(21-10-3-2-8(13)4-9(10)14)12-16-11(22-17-12)5-20-6-15-18-19-20/h2-4,6-7H,5H2,1H3. The van der Waals surface area contributed by atoms with Crippen LogP contribution in [-0.2, 0) is 6.54 Å². The molecule has 8 nitrogen and oxygen atoms in total. The van der Waals surface area contributed by atoms with Gasteiger partial charge >= 0.3 is 0 Å². The van der Waals surface area contributed by atoms with Crippen LogP contribution in [0.2, 0.25) is 5.02 Å². The van der Waals surface area contributed by atoms with Crippen LogP contribution in [0.5, 0.6) is 5.75 Å². The molecular weight excluding hydrogens is 376 g/mol. The molecule has 0 saturated heterocycles. The molecule has 0 N–H and O–H groups in total. The maximum Gasteiger partial charge on any atom is 0.248 e. The molecule has 1 atom stereocenters. The Balaban J connectivity index is 1.69. The molecule has 0 saturated carbocycles. The first-order valence-corrected chi connectivity index (χ1v) is 7.44. The van der Waals surface area contributed by atoms with E-state index in [1.165, 1.54) is 11.0 Å². The second kappa shape index (κ2) is 6.41. The second-order valence-electron chi connectivity index (χ2n) is 4.39. The SMILES string of the molecule is CC(Oc1ccc(Br)cc1Cl)c1noc(Cn2cnnn2)n1. The zero-order valence-corrected chi connectivity index (χ0v) is 13.7. The fourth-order valence-corrected chi connectivity index (χ4v) is 2.42. The Morgan fingerprint density at radius 1 is 1.45 bits per heavy atom. The Hall–Kier alpha value is -2.00. The van der Waals surface area contributed by atoms with Crippen molar-refractivity contribution in [2.45, 2.75) is 19.6 Å². The molecule has 3 rings (SSSR count). The van der Waals surface area contributed by atoms with Crippen molar-refractivity contribution in [2.75, 3.05) is 0 Å². The number of ether oxygens (including phenoxy) is 1. The summed E-state index contributed by atoms with van der Waals surface area (Å²) in [5.41, 5.74) is 0. The number of hydrogen-bond donors (Lipinski definition) is 0. The van der Waals surface area contributed by atoms with Crippen LogP contribution in [0.4, 0.5) is 0 Å². The molecule has 0 aliphatic carbocycles. The van der Waals surface area contributed by atoms with Crippen molar-refractivity contribution in [3.63, 3.8) is 0 Å². The van der Waals surface area contributed by atoms with Crippen molar-refractivity contribution in [3.05, 3.63) is 45.7 Å². The van der Waals surface area contributed by atoms with Crippen LogP contribution < -0.4 is 4.74 Å². The molecule has 0 aliphatic rings. The average molecular weight is 386 g/mol. The Labute approximate surface area is 138 Å². The van der Waals surface area contributed by atoms with E-state index in [-0.39, 0.29) is 0 Å². The summed E-state index contributed by atoms with van der Waals surface area (Å²) in [6, 6.07) is 5.36. The molecule has 2 heterocycles. The van der Waals surface area contributed by atoms with E-state index in [1.54, 1.807) is 12.1 Å². The predicted molar refractivity (Wildman–Crippen MR) is 79.4 cm³/mol. The van der Waals surface area contributed by atoms with Gasteiger partial charge in [-0.05, 0) is 35.5 Å². The lowest BCUT2D eigenvalue weighted by Crippen LogP contribution is -2.06. The highest BCUT2D eigenvalue weighted by Gasteiger charge is 2.17. The lowest BCUT2D eigenvalue weighted by Gasteiger charge is -2.12. The van der Waals surface area contributed by atoms with Crippen molar-refractivity contribution >= 4 is 27.5 Å². The summed E-state index contributed by atoms with van der Waals surface area (Å²) < 4.78 is 13.3. The second-order valence-corrected chi connectivity index (χ2v) is 5.71. The van der Waals surface area contributed by atoms with Gasteiger partial charge in [-0.2, -0.15) is 4.98 Å². The zero-order chi connectivity index (χ0) is 15.5. The lowest BCUT2D eigenvalue weighted by atomic mass is 10.3.